The summed E-state index contributed by atoms with van der Waals surface area (Å²) in [5.74, 6) is 0.416. The van der Waals surface area contributed by atoms with Crippen LogP contribution in [0.3, 0.4) is 0 Å². The van der Waals surface area contributed by atoms with E-state index in [0.29, 0.717) is 18.7 Å². The second-order valence-corrected chi connectivity index (χ2v) is 9.63. The van der Waals surface area contributed by atoms with Crippen LogP contribution in [0.1, 0.15) is 50.6 Å². The molecule has 2 heterocycles. The molecule has 31 heavy (non-hydrogen) atoms. The van der Waals surface area contributed by atoms with Gasteiger partial charge in [0, 0.05) is 23.9 Å². The molecule has 0 aliphatic carbocycles. The van der Waals surface area contributed by atoms with Crippen LogP contribution in [0.2, 0.25) is 0 Å². The van der Waals surface area contributed by atoms with Crippen molar-refractivity contribution in [2.75, 3.05) is 19.7 Å². The Morgan fingerprint density at radius 2 is 1.90 bits per heavy atom. The lowest BCUT2D eigenvalue weighted by molar-refractivity contribution is -0.144. The highest BCUT2D eigenvalue weighted by molar-refractivity contribution is 7.10. The Bertz CT molecular complexity index is 894. The van der Waals surface area contributed by atoms with Gasteiger partial charge < -0.3 is 14.5 Å². The molecule has 1 aliphatic heterocycles. The maximum atomic E-state index is 13.3. The molecule has 0 unspecified atom stereocenters. The van der Waals surface area contributed by atoms with E-state index in [1.54, 1.807) is 28.4 Å². The average Bonchev–Trinajstić information content (AvgIpc) is 3.19. The molecule has 2 aromatic rings. The van der Waals surface area contributed by atoms with Crippen LogP contribution < -0.4 is 4.74 Å². The van der Waals surface area contributed by atoms with Crippen molar-refractivity contribution in [1.29, 1.82) is 0 Å². The number of halogens is 1. The van der Waals surface area contributed by atoms with Gasteiger partial charge in [-0.2, -0.15) is 0 Å². The van der Waals surface area contributed by atoms with Gasteiger partial charge in [-0.3, -0.25) is 9.59 Å². The van der Waals surface area contributed by atoms with Crippen molar-refractivity contribution in [3.8, 4) is 5.75 Å². The largest absolute Gasteiger partial charge is 0.491 e. The van der Waals surface area contributed by atoms with Crippen molar-refractivity contribution < 1.29 is 18.7 Å². The molecule has 0 radical (unpaired) electrons. The topological polar surface area (TPSA) is 49.9 Å². The first-order valence-electron chi connectivity index (χ1n) is 10.8. The zero-order valence-electron chi connectivity index (χ0n) is 18.6. The summed E-state index contributed by atoms with van der Waals surface area (Å²) in [5, 5.41) is 2.04. The Morgan fingerprint density at radius 1 is 1.19 bits per heavy atom. The van der Waals surface area contributed by atoms with E-state index in [2.05, 4.69) is 0 Å². The van der Waals surface area contributed by atoms with Crippen LogP contribution in [0.15, 0.2) is 35.7 Å². The Kier molecular flexibility index (Phi) is 7.70. The molecule has 5 nitrogen and oxygen atoms in total. The Morgan fingerprint density at radius 3 is 2.55 bits per heavy atom. The lowest BCUT2D eigenvalue weighted by Crippen LogP contribution is -2.49. The second-order valence-electron chi connectivity index (χ2n) is 8.63. The fraction of sp³-hybridized carbons (Fsp3) is 0.500. The van der Waals surface area contributed by atoms with Gasteiger partial charge in [-0.1, -0.05) is 13.8 Å². The molecular weight excluding hydrogens is 415 g/mol. The second kappa shape index (κ2) is 10.3. The highest BCUT2D eigenvalue weighted by Gasteiger charge is 2.34. The van der Waals surface area contributed by atoms with Crippen molar-refractivity contribution in [2.45, 2.75) is 52.6 Å². The monoisotopic (exact) mass is 446 g/mol. The van der Waals surface area contributed by atoms with Gasteiger partial charge in [0.1, 0.15) is 18.2 Å². The summed E-state index contributed by atoms with van der Waals surface area (Å²) >= 11 is 1.69. The number of hydrogen-bond donors (Lipinski definition) is 0. The van der Waals surface area contributed by atoms with Crippen molar-refractivity contribution in [1.82, 2.24) is 9.80 Å². The average molecular weight is 447 g/mol. The Balaban J connectivity index is 1.76. The minimum Gasteiger partial charge on any atom is -0.491 e. The van der Waals surface area contributed by atoms with Crippen LogP contribution in [-0.4, -0.2) is 47.4 Å². The number of rotatable bonds is 8. The first-order valence-corrected chi connectivity index (χ1v) is 11.7. The first kappa shape index (κ1) is 23.3. The number of carbonyl (C=O) groups excluding carboxylic acids is 2. The number of hydrogen-bond acceptors (Lipinski definition) is 4. The number of amides is 2. The summed E-state index contributed by atoms with van der Waals surface area (Å²) in [6.07, 6.45) is 1.23. The van der Waals surface area contributed by atoms with Gasteiger partial charge in [-0.15, -0.1) is 11.3 Å². The summed E-state index contributed by atoms with van der Waals surface area (Å²) in [7, 11) is 0. The van der Waals surface area contributed by atoms with Gasteiger partial charge in [-0.05, 0) is 67.5 Å². The molecule has 0 saturated carbocycles. The van der Waals surface area contributed by atoms with E-state index in [4.69, 9.17) is 4.74 Å². The van der Waals surface area contributed by atoms with Gasteiger partial charge >= 0.3 is 0 Å². The predicted octanol–water partition coefficient (Wildman–Crippen LogP) is 4.68. The first-order chi connectivity index (χ1) is 14.8. The molecule has 168 valence electrons. The van der Waals surface area contributed by atoms with Gasteiger partial charge in [0.2, 0.25) is 11.8 Å². The summed E-state index contributed by atoms with van der Waals surface area (Å²) in [6.45, 7) is 8.82. The summed E-state index contributed by atoms with van der Waals surface area (Å²) < 4.78 is 19.1. The molecule has 0 saturated heterocycles. The normalized spacial score (nSPS) is 15.8. The van der Waals surface area contributed by atoms with Crippen molar-refractivity contribution >= 4 is 23.2 Å². The van der Waals surface area contributed by atoms with E-state index >= 15 is 0 Å². The number of ether oxygens (including phenoxy) is 1. The number of fused-ring (bicyclic) bond motifs is 1. The quantitative estimate of drug-likeness (QED) is 0.592. The molecule has 1 aromatic carbocycles. The summed E-state index contributed by atoms with van der Waals surface area (Å²) in [6, 6.07) is 7.65. The minimum absolute atomic E-state index is 0.00527. The van der Waals surface area contributed by atoms with Gasteiger partial charge in [0.05, 0.1) is 12.6 Å². The van der Waals surface area contributed by atoms with Crippen LogP contribution in [0.25, 0.3) is 0 Å². The van der Waals surface area contributed by atoms with Crippen molar-refractivity contribution in [3.63, 3.8) is 0 Å². The molecule has 1 aliphatic rings. The van der Waals surface area contributed by atoms with Crippen LogP contribution in [-0.2, 0) is 16.0 Å². The fourth-order valence-electron chi connectivity index (χ4n) is 3.84. The predicted molar refractivity (Wildman–Crippen MR) is 121 cm³/mol. The van der Waals surface area contributed by atoms with Gasteiger partial charge in [0.25, 0.3) is 0 Å². The van der Waals surface area contributed by atoms with E-state index < -0.39 is 0 Å². The van der Waals surface area contributed by atoms with E-state index in [1.165, 1.54) is 17.0 Å². The molecule has 3 rings (SSSR count). The third-order valence-electron chi connectivity index (χ3n) is 5.47. The molecule has 0 spiro atoms. The summed E-state index contributed by atoms with van der Waals surface area (Å²) in [4.78, 5) is 30.8. The van der Waals surface area contributed by atoms with Crippen LogP contribution in [0.4, 0.5) is 4.39 Å². The highest BCUT2D eigenvalue weighted by Crippen LogP contribution is 2.34. The lowest BCUT2D eigenvalue weighted by atomic mass is 10.00. The molecule has 0 N–H and O–H groups in total. The van der Waals surface area contributed by atoms with Crippen LogP contribution in [0.5, 0.6) is 5.75 Å². The molecule has 1 atom stereocenters. The highest BCUT2D eigenvalue weighted by atomic mass is 32.1. The Labute approximate surface area is 187 Å². The molecule has 0 bridgehead atoms. The number of thiophene rings is 1. The number of benzene rings is 1. The fourth-order valence-corrected chi connectivity index (χ4v) is 4.77. The zero-order valence-corrected chi connectivity index (χ0v) is 19.5. The Hall–Kier alpha value is -2.41. The van der Waals surface area contributed by atoms with E-state index in [-0.39, 0.29) is 48.8 Å². The van der Waals surface area contributed by atoms with E-state index in [1.807, 2.05) is 44.0 Å². The third kappa shape index (κ3) is 5.85. The molecular formula is C24H31FN2O3S. The van der Waals surface area contributed by atoms with E-state index in [0.717, 1.165) is 12.0 Å². The van der Waals surface area contributed by atoms with Gasteiger partial charge in [-0.25, -0.2) is 4.39 Å². The summed E-state index contributed by atoms with van der Waals surface area (Å²) in [5.41, 5.74) is 1.09. The molecule has 1 aromatic heterocycles. The third-order valence-corrected chi connectivity index (χ3v) is 6.47. The molecule has 2 amide bonds. The number of carbonyl (C=O) groups is 2. The van der Waals surface area contributed by atoms with Gasteiger partial charge in [0.15, 0.2) is 0 Å². The van der Waals surface area contributed by atoms with Crippen molar-refractivity contribution in [3.05, 3.63) is 52.0 Å². The molecule has 7 heteroatoms. The lowest BCUT2D eigenvalue weighted by Gasteiger charge is -2.37. The SMILES string of the molecule is CC(C)CC(=O)N(CC(=O)N1CCc2sccc2[C@@H]1COc1ccc(F)cc1)C(C)C. The van der Waals surface area contributed by atoms with Crippen LogP contribution in [0, 0.1) is 11.7 Å². The smallest absolute Gasteiger partial charge is 0.242 e. The van der Waals surface area contributed by atoms with E-state index in [9.17, 15) is 14.0 Å². The minimum atomic E-state index is -0.318. The maximum absolute atomic E-state index is 13.3. The van der Waals surface area contributed by atoms with Crippen LogP contribution >= 0.6 is 11.3 Å². The maximum Gasteiger partial charge on any atom is 0.242 e. The standard InChI is InChI=1S/C24H31FN2O3S/c1-16(2)13-23(28)27(17(3)4)14-24(29)26-11-9-22-20(10-12-31-22)21(26)15-30-19-7-5-18(25)6-8-19/h5-8,10,12,16-17,21H,9,11,13-15H2,1-4H3/t21-/m0/s1. The zero-order chi connectivity index (χ0) is 22.5. The number of nitrogens with zero attached hydrogens (tertiary/aromatic N) is 2. The molecule has 0 fully saturated rings. The van der Waals surface area contributed by atoms with Crippen molar-refractivity contribution in [2.24, 2.45) is 5.92 Å².